The average Bonchev–Trinajstić information content (AvgIpc) is 2.97. The molecule has 2 atom stereocenters. The molecule has 0 saturated carbocycles. The average molecular weight is 252 g/mol. The van der Waals surface area contributed by atoms with Gasteiger partial charge in [0.1, 0.15) is 0 Å². The number of rotatable bonds is 4. The molecule has 100 valence electrons. The van der Waals surface area contributed by atoms with Gasteiger partial charge in [-0.3, -0.25) is 9.48 Å². The van der Waals surface area contributed by atoms with Crippen LogP contribution in [0, 0.1) is 0 Å². The number of aromatic nitrogens is 2. The Morgan fingerprint density at radius 3 is 3.11 bits per heavy atom. The molecule has 1 aromatic heterocycles. The Bertz CT molecular complexity index is 424. The van der Waals surface area contributed by atoms with Gasteiger partial charge in [0.25, 0.3) is 5.91 Å². The molecule has 1 aliphatic rings. The van der Waals surface area contributed by atoms with Gasteiger partial charge >= 0.3 is 0 Å². The second kappa shape index (κ2) is 5.39. The van der Waals surface area contributed by atoms with Gasteiger partial charge in [0.2, 0.25) is 0 Å². The molecule has 1 aromatic rings. The van der Waals surface area contributed by atoms with Gasteiger partial charge in [0, 0.05) is 19.3 Å². The zero-order chi connectivity index (χ0) is 13.1. The number of carbonyl (C=O) groups is 1. The summed E-state index contributed by atoms with van der Waals surface area (Å²) in [5, 5.41) is 7.04. The van der Waals surface area contributed by atoms with Gasteiger partial charge in [0.05, 0.1) is 17.8 Å². The van der Waals surface area contributed by atoms with Crippen LogP contribution in [0.15, 0.2) is 6.20 Å². The highest BCUT2D eigenvalue weighted by Gasteiger charge is 2.25. The van der Waals surface area contributed by atoms with Gasteiger partial charge in [-0.1, -0.05) is 0 Å². The number of hydrogen-bond donors (Lipinski definition) is 2. The van der Waals surface area contributed by atoms with Crippen LogP contribution in [0.3, 0.4) is 0 Å². The van der Waals surface area contributed by atoms with Crippen molar-refractivity contribution in [2.24, 2.45) is 0 Å². The maximum absolute atomic E-state index is 12.0. The SMILES string of the molecule is CCn1cc(N)c(C(=O)NC(C)C2CCCO2)n1. The van der Waals surface area contributed by atoms with Gasteiger partial charge < -0.3 is 15.8 Å². The van der Waals surface area contributed by atoms with Crippen LogP contribution in [0.4, 0.5) is 5.69 Å². The highest BCUT2D eigenvalue weighted by atomic mass is 16.5. The number of nitrogens with one attached hydrogen (secondary N) is 1. The lowest BCUT2D eigenvalue weighted by Crippen LogP contribution is -2.41. The Morgan fingerprint density at radius 2 is 2.56 bits per heavy atom. The number of nitrogen functional groups attached to an aromatic ring is 1. The van der Waals surface area contributed by atoms with Crippen LogP contribution in [-0.2, 0) is 11.3 Å². The van der Waals surface area contributed by atoms with Crippen molar-refractivity contribution in [3.63, 3.8) is 0 Å². The van der Waals surface area contributed by atoms with Gasteiger partial charge in [-0.2, -0.15) is 5.10 Å². The number of aryl methyl sites for hydroxylation is 1. The molecule has 2 rings (SSSR count). The maximum Gasteiger partial charge on any atom is 0.274 e. The number of ether oxygens (including phenoxy) is 1. The largest absolute Gasteiger partial charge is 0.396 e. The molecule has 0 aliphatic carbocycles. The van der Waals surface area contributed by atoms with Gasteiger partial charge in [-0.25, -0.2) is 0 Å². The molecule has 0 aromatic carbocycles. The van der Waals surface area contributed by atoms with E-state index in [-0.39, 0.29) is 18.1 Å². The van der Waals surface area contributed by atoms with Crippen LogP contribution < -0.4 is 11.1 Å². The number of nitrogens with zero attached hydrogens (tertiary/aromatic N) is 2. The molecule has 6 heteroatoms. The second-order valence-electron chi connectivity index (χ2n) is 4.60. The summed E-state index contributed by atoms with van der Waals surface area (Å²) >= 11 is 0. The van der Waals surface area contributed by atoms with Crippen molar-refractivity contribution in [3.05, 3.63) is 11.9 Å². The van der Waals surface area contributed by atoms with E-state index in [0.29, 0.717) is 17.9 Å². The summed E-state index contributed by atoms with van der Waals surface area (Å²) in [5.41, 5.74) is 6.48. The molecule has 3 N–H and O–H groups in total. The predicted octanol–water partition coefficient (Wildman–Crippen LogP) is 0.782. The minimum Gasteiger partial charge on any atom is -0.396 e. The standard InChI is InChI=1S/C12H20N4O2/c1-3-16-7-9(13)11(15-16)12(17)14-8(2)10-5-4-6-18-10/h7-8,10H,3-6,13H2,1-2H3,(H,14,17). The molecule has 1 fully saturated rings. The molecule has 2 heterocycles. The Kier molecular flexibility index (Phi) is 3.86. The summed E-state index contributed by atoms with van der Waals surface area (Å²) in [6, 6.07) is -0.0221. The van der Waals surface area contributed by atoms with Gasteiger partial charge in [-0.15, -0.1) is 0 Å². The van der Waals surface area contributed by atoms with E-state index < -0.39 is 0 Å². The fraction of sp³-hybridized carbons (Fsp3) is 0.667. The Morgan fingerprint density at radius 1 is 1.78 bits per heavy atom. The Hall–Kier alpha value is -1.56. The molecular formula is C12H20N4O2. The minimum absolute atomic E-state index is 0.0221. The summed E-state index contributed by atoms with van der Waals surface area (Å²) in [4.78, 5) is 12.0. The summed E-state index contributed by atoms with van der Waals surface area (Å²) in [5.74, 6) is -0.234. The van der Waals surface area contributed by atoms with Crippen molar-refractivity contribution in [2.45, 2.75) is 45.4 Å². The lowest BCUT2D eigenvalue weighted by Gasteiger charge is -2.19. The lowest BCUT2D eigenvalue weighted by molar-refractivity contribution is 0.0709. The van der Waals surface area contributed by atoms with Crippen LogP contribution in [0.1, 0.15) is 37.2 Å². The third-order valence-electron chi connectivity index (χ3n) is 3.21. The van der Waals surface area contributed by atoms with Crippen LogP contribution in [0.2, 0.25) is 0 Å². The van der Waals surface area contributed by atoms with E-state index in [4.69, 9.17) is 10.5 Å². The van der Waals surface area contributed by atoms with E-state index in [1.807, 2.05) is 13.8 Å². The minimum atomic E-state index is -0.234. The molecule has 1 aliphatic heterocycles. The van der Waals surface area contributed by atoms with E-state index in [9.17, 15) is 4.79 Å². The Labute approximate surface area is 106 Å². The van der Waals surface area contributed by atoms with Crippen molar-refractivity contribution < 1.29 is 9.53 Å². The molecule has 0 radical (unpaired) electrons. The molecule has 2 unspecified atom stereocenters. The third-order valence-corrected chi connectivity index (χ3v) is 3.21. The first-order valence-electron chi connectivity index (χ1n) is 6.37. The monoisotopic (exact) mass is 252 g/mol. The first-order chi connectivity index (χ1) is 8.61. The summed E-state index contributed by atoms with van der Waals surface area (Å²) in [6.45, 7) is 5.36. The van der Waals surface area contributed by atoms with Crippen LogP contribution in [0.5, 0.6) is 0 Å². The van der Waals surface area contributed by atoms with Gasteiger partial charge in [0.15, 0.2) is 5.69 Å². The van der Waals surface area contributed by atoms with E-state index in [2.05, 4.69) is 10.4 Å². The van der Waals surface area contributed by atoms with Crippen molar-refractivity contribution in [3.8, 4) is 0 Å². The molecule has 1 amide bonds. The van der Waals surface area contributed by atoms with E-state index in [1.54, 1.807) is 10.9 Å². The summed E-state index contributed by atoms with van der Waals surface area (Å²) < 4.78 is 7.19. The first kappa shape index (κ1) is 12.9. The van der Waals surface area contributed by atoms with E-state index in [0.717, 1.165) is 19.4 Å². The Balaban J connectivity index is 1.99. The summed E-state index contributed by atoms with van der Waals surface area (Å²) in [6.07, 6.45) is 3.81. The smallest absolute Gasteiger partial charge is 0.274 e. The number of nitrogens with two attached hydrogens (primary N) is 1. The predicted molar refractivity (Wildman–Crippen MR) is 68.2 cm³/mol. The number of amides is 1. The number of carbonyl (C=O) groups excluding carboxylic acids is 1. The quantitative estimate of drug-likeness (QED) is 0.829. The van der Waals surface area contributed by atoms with E-state index in [1.165, 1.54) is 0 Å². The van der Waals surface area contributed by atoms with E-state index >= 15 is 0 Å². The molecule has 0 spiro atoms. The van der Waals surface area contributed by atoms with Crippen molar-refractivity contribution in [2.75, 3.05) is 12.3 Å². The highest BCUT2D eigenvalue weighted by Crippen LogP contribution is 2.16. The summed E-state index contributed by atoms with van der Waals surface area (Å²) in [7, 11) is 0. The molecule has 0 bridgehead atoms. The van der Waals surface area contributed by atoms with Crippen molar-refractivity contribution in [1.29, 1.82) is 0 Å². The van der Waals surface area contributed by atoms with Crippen LogP contribution in [-0.4, -0.2) is 34.4 Å². The third kappa shape index (κ3) is 2.64. The number of hydrogen-bond acceptors (Lipinski definition) is 4. The zero-order valence-corrected chi connectivity index (χ0v) is 10.8. The fourth-order valence-electron chi connectivity index (χ4n) is 2.14. The topological polar surface area (TPSA) is 82.2 Å². The molecule has 1 saturated heterocycles. The highest BCUT2D eigenvalue weighted by molar-refractivity contribution is 5.97. The second-order valence-corrected chi connectivity index (χ2v) is 4.60. The van der Waals surface area contributed by atoms with Crippen LogP contribution >= 0.6 is 0 Å². The molecule has 18 heavy (non-hydrogen) atoms. The van der Waals surface area contributed by atoms with Crippen molar-refractivity contribution >= 4 is 11.6 Å². The number of anilines is 1. The zero-order valence-electron chi connectivity index (χ0n) is 10.8. The molecular weight excluding hydrogens is 232 g/mol. The lowest BCUT2D eigenvalue weighted by atomic mass is 10.1. The first-order valence-corrected chi connectivity index (χ1v) is 6.37. The maximum atomic E-state index is 12.0. The van der Waals surface area contributed by atoms with Crippen molar-refractivity contribution in [1.82, 2.24) is 15.1 Å². The normalized spacial score (nSPS) is 20.9. The van der Waals surface area contributed by atoms with Crippen LogP contribution in [0.25, 0.3) is 0 Å². The molecule has 6 nitrogen and oxygen atoms in total. The van der Waals surface area contributed by atoms with Gasteiger partial charge in [-0.05, 0) is 26.7 Å². The fourth-order valence-corrected chi connectivity index (χ4v) is 2.14.